The second-order valence-corrected chi connectivity index (χ2v) is 13.6. The third kappa shape index (κ3) is 8.56. The van der Waals surface area contributed by atoms with Gasteiger partial charge in [0.15, 0.2) is 6.79 Å². The van der Waals surface area contributed by atoms with Crippen LogP contribution < -0.4 is 0 Å². The van der Waals surface area contributed by atoms with Crippen molar-refractivity contribution in [2.75, 3.05) is 27.1 Å². The molecular weight excluding hydrogens is 618 g/mol. The van der Waals surface area contributed by atoms with Gasteiger partial charge in [-0.25, -0.2) is 4.79 Å². The van der Waals surface area contributed by atoms with Gasteiger partial charge in [-0.1, -0.05) is 60.6 Å². The molecule has 1 heterocycles. The van der Waals surface area contributed by atoms with E-state index in [2.05, 4.69) is 11.2 Å². The number of esters is 3. The first kappa shape index (κ1) is 36.5. The van der Waals surface area contributed by atoms with Gasteiger partial charge in [0.2, 0.25) is 0 Å². The zero-order valence-corrected chi connectivity index (χ0v) is 28.4. The maximum atomic E-state index is 13.6. The molecule has 258 valence electrons. The van der Waals surface area contributed by atoms with E-state index in [0.717, 1.165) is 27.1 Å². The largest absolute Gasteiger partial charge is 0.469 e. The van der Waals surface area contributed by atoms with Crippen molar-refractivity contribution in [3.05, 3.63) is 60.2 Å². The zero-order chi connectivity index (χ0) is 35.1. The minimum Gasteiger partial charge on any atom is -0.469 e. The lowest BCUT2D eigenvalue weighted by Crippen LogP contribution is -2.43. The maximum Gasteiger partial charge on any atom is 0.340 e. The molecular formula is C37H45NO10. The monoisotopic (exact) mass is 663 g/mol. The lowest BCUT2D eigenvalue weighted by Gasteiger charge is -2.38. The Morgan fingerprint density at radius 1 is 0.917 bits per heavy atom. The van der Waals surface area contributed by atoms with Crippen molar-refractivity contribution >= 4 is 51.6 Å². The van der Waals surface area contributed by atoms with Crippen molar-refractivity contribution in [1.82, 2.24) is 0 Å². The molecule has 3 aromatic carbocycles. The smallest absolute Gasteiger partial charge is 0.340 e. The number of aliphatic hydroxyl groups excluding tert-OH is 1. The van der Waals surface area contributed by atoms with Crippen molar-refractivity contribution in [2.45, 2.75) is 66.4 Å². The first-order valence-corrected chi connectivity index (χ1v) is 16.1. The number of carbonyl (C=O) groups excluding carboxylic acids is 4. The van der Waals surface area contributed by atoms with E-state index in [4.69, 9.17) is 23.8 Å². The van der Waals surface area contributed by atoms with Crippen LogP contribution in [0, 0.1) is 22.2 Å². The van der Waals surface area contributed by atoms with E-state index in [0.29, 0.717) is 13.0 Å². The Morgan fingerprint density at radius 3 is 2.06 bits per heavy atom. The molecule has 4 unspecified atom stereocenters. The summed E-state index contributed by atoms with van der Waals surface area (Å²) in [6.07, 6.45) is 1.38. The van der Waals surface area contributed by atoms with Crippen molar-refractivity contribution in [2.24, 2.45) is 27.3 Å². The molecule has 11 nitrogen and oxygen atoms in total. The van der Waals surface area contributed by atoms with Crippen LogP contribution >= 0.6 is 0 Å². The van der Waals surface area contributed by atoms with E-state index in [9.17, 15) is 24.3 Å². The summed E-state index contributed by atoms with van der Waals surface area (Å²) < 4.78 is 20.8. The lowest BCUT2D eigenvalue weighted by molar-refractivity contribution is -0.168. The molecule has 0 radical (unpaired) electrons. The summed E-state index contributed by atoms with van der Waals surface area (Å²) in [7, 11) is 1.27. The van der Waals surface area contributed by atoms with Crippen LogP contribution in [0.1, 0.15) is 65.9 Å². The van der Waals surface area contributed by atoms with Gasteiger partial charge < -0.3 is 28.9 Å². The summed E-state index contributed by atoms with van der Waals surface area (Å²) in [5, 5.41) is 17.4. The van der Waals surface area contributed by atoms with E-state index in [1.807, 2.05) is 48.5 Å². The molecule has 1 saturated heterocycles. The van der Waals surface area contributed by atoms with Gasteiger partial charge in [-0.05, 0) is 81.0 Å². The highest BCUT2D eigenvalue weighted by Crippen LogP contribution is 2.45. The molecule has 48 heavy (non-hydrogen) atoms. The Kier molecular flexibility index (Phi) is 11.6. The quantitative estimate of drug-likeness (QED) is 0.0295. The van der Waals surface area contributed by atoms with E-state index < -0.39 is 52.8 Å². The third-order valence-corrected chi connectivity index (χ3v) is 9.21. The molecule has 0 aliphatic carbocycles. The molecule has 4 atom stereocenters. The van der Waals surface area contributed by atoms with Gasteiger partial charge >= 0.3 is 23.9 Å². The fourth-order valence-electron chi connectivity index (χ4n) is 6.29. The van der Waals surface area contributed by atoms with Crippen molar-refractivity contribution in [1.29, 1.82) is 0 Å². The normalized spacial score (nSPS) is 17.7. The van der Waals surface area contributed by atoms with Crippen LogP contribution in [-0.4, -0.2) is 68.4 Å². The predicted molar refractivity (Wildman–Crippen MR) is 179 cm³/mol. The van der Waals surface area contributed by atoms with Gasteiger partial charge in [-0.2, -0.15) is 0 Å². The Bertz CT molecular complexity index is 1630. The molecule has 0 aromatic heterocycles. The Labute approximate surface area is 280 Å². The van der Waals surface area contributed by atoms with E-state index in [1.54, 1.807) is 34.6 Å². The molecule has 0 amide bonds. The second kappa shape index (κ2) is 15.3. The van der Waals surface area contributed by atoms with Crippen LogP contribution in [0.4, 0.5) is 0 Å². The summed E-state index contributed by atoms with van der Waals surface area (Å²) in [6.45, 7) is 7.92. The van der Waals surface area contributed by atoms with Gasteiger partial charge in [-0.15, -0.1) is 0 Å². The van der Waals surface area contributed by atoms with Crippen LogP contribution in [0.15, 0.2) is 59.8 Å². The number of aliphatic hydroxyl groups is 1. The zero-order valence-electron chi connectivity index (χ0n) is 28.4. The van der Waals surface area contributed by atoms with Crippen LogP contribution in [0.5, 0.6) is 0 Å². The molecule has 0 bridgehead atoms. The topological polar surface area (TPSA) is 150 Å². The second-order valence-electron chi connectivity index (χ2n) is 13.6. The number of benzene rings is 3. The molecule has 4 rings (SSSR count). The highest BCUT2D eigenvalue weighted by Gasteiger charge is 2.49. The number of epoxide rings is 1. The third-order valence-electron chi connectivity index (χ3n) is 9.21. The standard InChI is InChI=1S/C37H45NO10/c1-7-36(4,33(42)44-6)22-37(5,34(43)46-21-27-20-45-27)18-26(31(40)47-23-39)17-35(2,3)32(41)48-38-19-30-28-14-10-8-12-24(28)16-25-13-9-11-15-29(25)30/h8-16,19,26-27,39H,7,17-18,20-23H2,1-6H3/b38-19+. The Balaban J connectivity index is 1.58. The number of nitrogens with zero attached hydrogens (tertiary/aromatic N) is 1. The van der Waals surface area contributed by atoms with Crippen LogP contribution in [0.25, 0.3) is 21.5 Å². The highest BCUT2D eigenvalue weighted by atomic mass is 16.7. The van der Waals surface area contributed by atoms with Crippen molar-refractivity contribution < 1.29 is 48.1 Å². The van der Waals surface area contributed by atoms with E-state index in [1.165, 1.54) is 13.3 Å². The number of fused-ring (bicyclic) bond motifs is 2. The van der Waals surface area contributed by atoms with Crippen LogP contribution in [-0.2, 0) is 43.0 Å². The van der Waals surface area contributed by atoms with Gasteiger partial charge in [0.25, 0.3) is 0 Å². The fraction of sp³-hybridized carbons (Fsp3) is 0.486. The number of hydrogen-bond acceptors (Lipinski definition) is 11. The number of methoxy groups -OCH3 is 1. The minimum absolute atomic E-state index is 0.00933. The SMILES string of the molecule is CCC(C)(CC(C)(CC(CC(C)(C)C(=O)O/N=C/c1c2ccccc2cc2ccccc12)C(=O)OCO)C(=O)OCC1CO1)C(=O)OC. The number of carbonyl (C=O) groups is 4. The predicted octanol–water partition coefficient (Wildman–Crippen LogP) is 5.71. The van der Waals surface area contributed by atoms with Crippen molar-refractivity contribution in [3.63, 3.8) is 0 Å². The number of ether oxygens (including phenoxy) is 4. The molecule has 1 fully saturated rings. The summed E-state index contributed by atoms with van der Waals surface area (Å²) in [6, 6.07) is 17.8. The number of hydrogen-bond donors (Lipinski definition) is 1. The van der Waals surface area contributed by atoms with Crippen LogP contribution in [0.3, 0.4) is 0 Å². The highest BCUT2D eigenvalue weighted by molar-refractivity contribution is 6.13. The molecule has 1 N–H and O–H groups in total. The first-order chi connectivity index (χ1) is 22.8. The minimum atomic E-state index is -1.39. The van der Waals surface area contributed by atoms with E-state index in [-0.39, 0.29) is 32.0 Å². The van der Waals surface area contributed by atoms with Gasteiger partial charge in [-0.3, -0.25) is 14.4 Å². The fourth-order valence-corrected chi connectivity index (χ4v) is 6.29. The Morgan fingerprint density at radius 2 is 1.52 bits per heavy atom. The van der Waals surface area contributed by atoms with E-state index >= 15 is 0 Å². The lowest BCUT2D eigenvalue weighted by atomic mass is 9.66. The summed E-state index contributed by atoms with van der Waals surface area (Å²) in [4.78, 5) is 58.6. The van der Waals surface area contributed by atoms with Gasteiger partial charge in [0.05, 0.1) is 42.1 Å². The average Bonchev–Trinajstić information content (AvgIpc) is 3.90. The summed E-state index contributed by atoms with van der Waals surface area (Å²) in [5.41, 5.74) is -2.98. The van der Waals surface area contributed by atoms with Gasteiger partial charge in [0, 0.05) is 5.56 Å². The molecule has 3 aromatic rings. The molecule has 1 aliphatic heterocycles. The Hall–Kier alpha value is -4.35. The summed E-state index contributed by atoms with van der Waals surface area (Å²) in [5.74, 6) is -3.74. The summed E-state index contributed by atoms with van der Waals surface area (Å²) >= 11 is 0. The first-order valence-electron chi connectivity index (χ1n) is 16.1. The number of oxime groups is 1. The molecule has 0 saturated carbocycles. The number of rotatable bonds is 16. The van der Waals surface area contributed by atoms with Gasteiger partial charge in [0.1, 0.15) is 12.7 Å². The maximum absolute atomic E-state index is 13.6. The molecule has 11 heteroatoms. The van der Waals surface area contributed by atoms with Crippen molar-refractivity contribution in [3.8, 4) is 0 Å². The molecule has 0 spiro atoms. The molecule has 1 aliphatic rings. The average molecular weight is 664 g/mol. The van der Waals surface area contributed by atoms with Crippen LogP contribution in [0.2, 0.25) is 0 Å².